The predicted octanol–water partition coefficient (Wildman–Crippen LogP) is 16.9. The molecule has 0 aliphatic heterocycles. The lowest BCUT2D eigenvalue weighted by atomic mass is 9.82. The molecule has 302 valence electrons. The van der Waals surface area contributed by atoms with Gasteiger partial charge in [0, 0.05) is 38.6 Å². The van der Waals surface area contributed by atoms with Gasteiger partial charge in [-0.15, -0.1) is 0 Å². The molecule has 0 atom stereocenters. The molecule has 12 aromatic rings. The standard InChI is InChI=1S/C61H42N2O/c1-61(2)53-20-8-5-17-48(53)49-33-32-47(38-54(49)61)62(46-31-29-39-13-3-4-14-42(39)36-46)45-16-11-15-43(35-45)40-25-27-41(28-26-40)44-30-34-56-52(37-44)50-18-6-9-21-55(50)63(56)57-22-12-24-59-60(57)51-19-7-10-23-58(51)64-59/h3-38H,1-2H3. The van der Waals surface area contributed by atoms with Gasteiger partial charge in [0.15, 0.2) is 0 Å². The van der Waals surface area contributed by atoms with Gasteiger partial charge < -0.3 is 13.9 Å². The van der Waals surface area contributed by atoms with Crippen LogP contribution in [0.3, 0.4) is 0 Å². The van der Waals surface area contributed by atoms with E-state index in [0.29, 0.717) is 0 Å². The highest BCUT2D eigenvalue weighted by molar-refractivity contribution is 6.15. The Balaban J connectivity index is 0.886. The second-order valence-corrected chi connectivity index (χ2v) is 17.7. The van der Waals surface area contributed by atoms with Gasteiger partial charge in [0.1, 0.15) is 11.2 Å². The van der Waals surface area contributed by atoms with Crippen molar-refractivity contribution in [1.82, 2.24) is 4.57 Å². The minimum absolute atomic E-state index is 0.105. The molecule has 0 fully saturated rings. The average Bonchev–Trinajstić information content (AvgIpc) is 3.97. The van der Waals surface area contributed by atoms with Crippen LogP contribution in [0.25, 0.3) is 93.6 Å². The van der Waals surface area contributed by atoms with E-state index in [0.717, 1.165) is 44.7 Å². The number of hydrogen-bond acceptors (Lipinski definition) is 2. The lowest BCUT2D eigenvalue weighted by molar-refractivity contribution is 0.660. The Morgan fingerprint density at radius 2 is 1.02 bits per heavy atom. The van der Waals surface area contributed by atoms with Crippen molar-refractivity contribution in [2.24, 2.45) is 0 Å². The lowest BCUT2D eigenvalue weighted by Crippen LogP contribution is -2.16. The minimum Gasteiger partial charge on any atom is -0.456 e. The number of nitrogens with zero attached hydrogens (tertiary/aromatic N) is 2. The first-order valence-electron chi connectivity index (χ1n) is 22.2. The summed E-state index contributed by atoms with van der Waals surface area (Å²) in [6.45, 7) is 4.71. The average molecular weight is 819 g/mol. The van der Waals surface area contributed by atoms with E-state index in [9.17, 15) is 0 Å². The number of fused-ring (bicyclic) bond motifs is 10. The molecule has 0 saturated heterocycles. The molecular formula is C61H42N2O. The third-order valence-electron chi connectivity index (χ3n) is 13.8. The molecule has 0 saturated carbocycles. The monoisotopic (exact) mass is 818 g/mol. The highest BCUT2D eigenvalue weighted by atomic mass is 16.3. The Morgan fingerprint density at radius 3 is 1.89 bits per heavy atom. The van der Waals surface area contributed by atoms with Crippen molar-refractivity contribution in [3.05, 3.63) is 230 Å². The highest BCUT2D eigenvalue weighted by Crippen LogP contribution is 2.51. The number of para-hydroxylation sites is 2. The minimum atomic E-state index is -0.105. The van der Waals surface area contributed by atoms with Crippen LogP contribution in [0, 0.1) is 0 Å². The summed E-state index contributed by atoms with van der Waals surface area (Å²) in [4.78, 5) is 2.42. The summed E-state index contributed by atoms with van der Waals surface area (Å²) in [5.41, 5.74) is 18.7. The summed E-state index contributed by atoms with van der Waals surface area (Å²) in [5.74, 6) is 0. The second-order valence-electron chi connectivity index (χ2n) is 17.7. The number of anilines is 3. The molecular weight excluding hydrogens is 777 g/mol. The van der Waals surface area contributed by atoms with E-state index in [-0.39, 0.29) is 5.41 Å². The van der Waals surface area contributed by atoms with Crippen molar-refractivity contribution in [3.8, 4) is 39.1 Å². The van der Waals surface area contributed by atoms with E-state index in [4.69, 9.17) is 4.42 Å². The maximum absolute atomic E-state index is 6.32. The summed E-state index contributed by atoms with van der Waals surface area (Å²) in [6, 6.07) is 79.7. The zero-order chi connectivity index (χ0) is 42.5. The molecule has 10 aromatic carbocycles. The first-order valence-corrected chi connectivity index (χ1v) is 22.2. The van der Waals surface area contributed by atoms with Crippen LogP contribution in [0.15, 0.2) is 223 Å². The van der Waals surface area contributed by atoms with Crippen LogP contribution in [0.1, 0.15) is 25.0 Å². The molecule has 1 aliphatic rings. The topological polar surface area (TPSA) is 21.3 Å². The molecule has 0 bridgehead atoms. The van der Waals surface area contributed by atoms with Crippen LogP contribution < -0.4 is 4.90 Å². The van der Waals surface area contributed by atoms with E-state index < -0.39 is 0 Å². The fourth-order valence-electron chi connectivity index (χ4n) is 10.6. The van der Waals surface area contributed by atoms with Gasteiger partial charge >= 0.3 is 0 Å². The molecule has 0 amide bonds. The van der Waals surface area contributed by atoms with Gasteiger partial charge in [-0.1, -0.05) is 159 Å². The molecule has 2 heterocycles. The molecule has 0 radical (unpaired) electrons. The number of rotatable bonds is 6. The van der Waals surface area contributed by atoms with Crippen molar-refractivity contribution in [3.63, 3.8) is 0 Å². The Morgan fingerprint density at radius 1 is 0.391 bits per heavy atom. The van der Waals surface area contributed by atoms with Gasteiger partial charge in [-0.05, 0) is 128 Å². The van der Waals surface area contributed by atoms with Crippen molar-refractivity contribution < 1.29 is 4.42 Å². The fourth-order valence-corrected chi connectivity index (χ4v) is 10.6. The number of furan rings is 1. The van der Waals surface area contributed by atoms with Gasteiger partial charge in [0.05, 0.1) is 22.1 Å². The van der Waals surface area contributed by atoms with Gasteiger partial charge in [0.25, 0.3) is 0 Å². The first kappa shape index (κ1) is 36.5. The Labute approximate surface area is 371 Å². The summed E-state index contributed by atoms with van der Waals surface area (Å²) < 4.78 is 8.72. The molecule has 2 aromatic heterocycles. The summed E-state index contributed by atoms with van der Waals surface area (Å²) in [6.07, 6.45) is 0. The third-order valence-corrected chi connectivity index (χ3v) is 13.8. The number of aromatic nitrogens is 1. The summed E-state index contributed by atoms with van der Waals surface area (Å²) >= 11 is 0. The summed E-state index contributed by atoms with van der Waals surface area (Å²) in [5, 5.41) is 7.16. The van der Waals surface area contributed by atoms with Gasteiger partial charge in [0.2, 0.25) is 0 Å². The van der Waals surface area contributed by atoms with Gasteiger partial charge in [-0.2, -0.15) is 0 Å². The van der Waals surface area contributed by atoms with Gasteiger partial charge in [-0.3, -0.25) is 0 Å². The lowest BCUT2D eigenvalue weighted by Gasteiger charge is -2.28. The number of benzene rings is 10. The number of hydrogen-bond donors (Lipinski definition) is 0. The molecule has 0 spiro atoms. The zero-order valence-corrected chi connectivity index (χ0v) is 35.6. The molecule has 64 heavy (non-hydrogen) atoms. The van der Waals surface area contributed by atoms with Crippen LogP contribution in [0.5, 0.6) is 0 Å². The van der Waals surface area contributed by atoms with Crippen molar-refractivity contribution in [2.45, 2.75) is 19.3 Å². The zero-order valence-electron chi connectivity index (χ0n) is 35.6. The van der Waals surface area contributed by atoms with E-state index in [2.05, 4.69) is 236 Å². The third kappa shape index (κ3) is 5.54. The Hall–Kier alpha value is -8.14. The largest absolute Gasteiger partial charge is 0.456 e. The second kappa shape index (κ2) is 13.9. The van der Waals surface area contributed by atoms with Crippen LogP contribution >= 0.6 is 0 Å². The maximum Gasteiger partial charge on any atom is 0.137 e. The van der Waals surface area contributed by atoms with E-state index in [1.807, 2.05) is 6.07 Å². The van der Waals surface area contributed by atoms with Crippen molar-refractivity contribution in [2.75, 3.05) is 4.90 Å². The van der Waals surface area contributed by atoms with Crippen LogP contribution in [0.4, 0.5) is 17.1 Å². The molecule has 0 N–H and O–H groups in total. The van der Waals surface area contributed by atoms with Crippen molar-refractivity contribution >= 4 is 71.6 Å². The molecule has 3 heteroatoms. The first-order chi connectivity index (χ1) is 31.5. The Kier molecular flexibility index (Phi) is 7.95. The summed E-state index contributed by atoms with van der Waals surface area (Å²) in [7, 11) is 0. The molecule has 0 unspecified atom stereocenters. The van der Waals surface area contributed by atoms with Gasteiger partial charge in [-0.25, -0.2) is 0 Å². The smallest absolute Gasteiger partial charge is 0.137 e. The van der Waals surface area contributed by atoms with Crippen LogP contribution in [-0.4, -0.2) is 4.57 Å². The SMILES string of the molecule is CC1(C)c2ccccc2-c2ccc(N(c3cccc(-c4ccc(-c5ccc6c(c5)c5ccccc5n6-c5cccc6oc7ccccc7c56)cc4)c3)c3ccc4ccccc4c3)cc21. The molecule has 13 rings (SSSR count). The molecule has 1 aliphatic carbocycles. The highest BCUT2D eigenvalue weighted by Gasteiger charge is 2.35. The predicted molar refractivity (Wildman–Crippen MR) is 269 cm³/mol. The normalized spacial score (nSPS) is 13.0. The van der Waals surface area contributed by atoms with Crippen LogP contribution in [0.2, 0.25) is 0 Å². The van der Waals surface area contributed by atoms with E-state index in [1.165, 1.54) is 77.1 Å². The van der Waals surface area contributed by atoms with Crippen molar-refractivity contribution in [1.29, 1.82) is 0 Å². The quantitative estimate of drug-likeness (QED) is 0.167. The van der Waals surface area contributed by atoms with E-state index in [1.54, 1.807) is 0 Å². The van der Waals surface area contributed by atoms with E-state index >= 15 is 0 Å². The maximum atomic E-state index is 6.32. The van der Waals surface area contributed by atoms with Crippen LogP contribution in [-0.2, 0) is 5.41 Å². The Bertz CT molecular complexity index is 3830. The fraction of sp³-hybridized carbons (Fsp3) is 0.0492. The molecule has 3 nitrogen and oxygen atoms in total.